The van der Waals surface area contributed by atoms with Crippen LogP contribution in [0.3, 0.4) is 0 Å². The van der Waals surface area contributed by atoms with Crippen LogP contribution in [-0.4, -0.2) is 30.0 Å². The van der Waals surface area contributed by atoms with Gasteiger partial charge in [-0.3, -0.25) is 4.79 Å². The summed E-state index contributed by atoms with van der Waals surface area (Å²) >= 11 is 0. The monoisotopic (exact) mass is 276 g/mol. The molecule has 0 radical (unpaired) electrons. The molecule has 1 heterocycles. The predicted octanol–water partition coefficient (Wildman–Crippen LogP) is 1.66. The molecule has 0 spiro atoms. The Kier molecular flexibility index (Phi) is 4.09. The van der Waals surface area contributed by atoms with E-state index in [0.29, 0.717) is 13.1 Å². The molecule has 1 N–H and O–H groups in total. The number of nitrogens with one attached hydrogen (secondary N) is 1. The van der Waals surface area contributed by atoms with E-state index in [-0.39, 0.29) is 11.9 Å². The number of piperazine rings is 1. The number of carbonyl (C=O) groups excluding carboxylic acids is 2. The van der Waals surface area contributed by atoms with Gasteiger partial charge in [-0.15, -0.1) is 5.06 Å². The molecule has 1 atom stereocenters. The molecule has 0 aliphatic carbocycles. The highest BCUT2D eigenvalue weighted by Gasteiger charge is 2.36. The summed E-state index contributed by atoms with van der Waals surface area (Å²) in [5.74, 6) is -0.489. The average molecular weight is 276 g/mol. The number of rotatable bonds is 2. The van der Waals surface area contributed by atoms with Gasteiger partial charge in [0, 0.05) is 6.54 Å². The third-order valence-electron chi connectivity index (χ3n) is 3.10. The van der Waals surface area contributed by atoms with Gasteiger partial charge in [-0.1, -0.05) is 30.3 Å². The van der Waals surface area contributed by atoms with Crippen molar-refractivity contribution in [1.29, 1.82) is 0 Å². The number of benzene rings is 1. The Hall–Kier alpha value is -1.88. The van der Waals surface area contributed by atoms with Crippen LogP contribution in [0.2, 0.25) is 0 Å². The van der Waals surface area contributed by atoms with Crippen LogP contribution in [0.4, 0.5) is 0 Å². The van der Waals surface area contributed by atoms with Gasteiger partial charge in [0.1, 0.15) is 6.04 Å². The molecule has 1 aromatic rings. The van der Waals surface area contributed by atoms with Gasteiger partial charge >= 0.3 is 5.97 Å². The summed E-state index contributed by atoms with van der Waals surface area (Å²) in [4.78, 5) is 29.5. The van der Waals surface area contributed by atoms with Gasteiger partial charge in [0.05, 0.1) is 12.0 Å². The Labute approximate surface area is 118 Å². The number of nitrogens with zero attached hydrogens (tertiary/aromatic N) is 1. The molecule has 1 saturated heterocycles. The molecule has 1 unspecified atom stereocenters. The predicted molar refractivity (Wildman–Crippen MR) is 74.4 cm³/mol. The standard InChI is InChI=1S/C15H20N2O3/c1-15(2,3)14(19)20-17-10-9-16-13(18)12(17)11-7-5-4-6-8-11/h4-8,12H,9-10H2,1-3H3,(H,16,18). The first-order valence-corrected chi connectivity index (χ1v) is 6.71. The van der Waals surface area contributed by atoms with Crippen LogP contribution in [0, 0.1) is 5.41 Å². The highest BCUT2D eigenvalue weighted by atomic mass is 16.7. The highest BCUT2D eigenvalue weighted by molar-refractivity contribution is 5.84. The fraction of sp³-hybridized carbons (Fsp3) is 0.467. The van der Waals surface area contributed by atoms with E-state index in [1.807, 2.05) is 30.3 Å². The minimum absolute atomic E-state index is 0.149. The van der Waals surface area contributed by atoms with Crippen LogP contribution in [0.15, 0.2) is 30.3 Å². The zero-order chi connectivity index (χ0) is 14.8. The molecule has 5 nitrogen and oxygen atoms in total. The molecule has 0 aromatic heterocycles. The third-order valence-corrected chi connectivity index (χ3v) is 3.10. The van der Waals surface area contributed by atoms with Gasteiger partial charge in [0.25, 0.3) is 0 Å². The van der Waals surface area contributed by atoms with Crippen molar-refractivity contribution in [2.75, 3.05) is 13.1 Å². The van der Waals surface area contributed by atoms with Crippen LogP contribution < -0.4 is 5.32 Å². The van der Waals surface area contributed by atoms with E-state index < -0.39 is 11.5 Å². The topological polar surface area (TPSA) is 58.6 Å². The Morgan fingerprint density at radius 2 is 1.95 bits per heavy atom. The van der Waals surface area contributed by atoms with Crippen LogP contribution in [-0.2, 0) is 14.4 Å². The summed E-state index contributed by atoms with van der Waals surface area (Å²) in [5, 5.41) is 4.27. The van der Waals surface area contributed by atoms with Crippen molar-refractivity contribution < 1.29 is 14.4 Å². The molecular formula is C15H20N2O3. The van der Waals surface area contributed by atoms with Gasteiger partial charge in [0.2, 0.25) is 5.91 Å². The van der Waals surface area contributed by atoms with Gasteiger partial charge in [0.15, 0.2) is 0 Å². The molecule has 0 saturated carbocycles. The molecule has 108 valence electrons. The molecule has 1 aliphatic heterocycles. The molecule has 2 rings (SSSR count). The fourth-order valence-corrected chi connectivity index (χ4v) is 1.94. The highest BCUT2D eigenvalue weighted by Crippen LogP contribution is 2.25. The summed E-state index contributed by atoms with van der Waals surface area (Å²) in [5.41, 5.74) is 0.209. The van der Waals surface area contributed by atoms with Crippen LogP contribution >= 0.6 is 0 Å². The van der Waals surface area contributed by atoms with Crippen molar-refractivity contribution in [2.45, 2.75) is 26.8 Å². The molecule has 1 aliphatic rings. The summed E-state index contributed by atoms with van der Waals surface area (Å²) in [7, 11) is 0. The Balaban J connectivity index is 2.21. The second kappa shape index (κ2) is 5.63. The van der Waals surface area contributed by atoms with Crippen molar-refractivity contribution in [3.05, 3.63) is 35.9 Å². The summed E-state index contributed by atoms with van der Waals surface area (Å²) in [6.07, 6.45) is 0. The first-order chi connectivity index (χ1) is 9.39. The Morgan fingerprint density at radius 1 is 1.30 bits per heavy atom. The summed E-state index contributed by atoms with van der Waals surface area (Å²) in [6, 6.07) is 8.73. The van der Waals surface area contributed by atoms with Crippen LogP contribution in [0.1, 0.15) is 32.4 Å². The first-order valence-electron chi connectivity index (χ1n) is 6.71. The number of hydroxylamine groups is 2. The maximum Gasteiger partial charge on any atom is 0.330 e. The number of amides is 1. The maximum absolute atomic E-state index is 12.1. The lowest BCUT2D eigenvalue weighted by molar-refractivity contribution is -0.215. The smallest absolute Gasteiger partial charge is 0.330 e. The van der Waals surface area contributed by atoms with Gasteiger partial charge in [-0.25, -0.2) is 4.79 Å². The summed E-state index contributed by atoms with van der Waals surface area (Å²) < 4.78 is 0. The van der Waals surface area contributed by atoms with Gasteiger partial charge in [-0.05, 0) is 26.3 Å². The normalized spacial score (nSPS) is 20.4. The molecule has 20 heavy (non-hydrogen) atoms. The molecule has 1 fully saturated rings. The first kappa shape index (κ1) is 14.5. The minimum atomic E-state index is -0.602. The molecule has 5 heteroatoms. The van der Waals surface area contributed by atoms with Crippen molar-refractivity contribution in [2.24, 2.45) is 5.41 Å². The van der Waals surface area contributed by atoms with Crippen LogP contribution in [0.5, 0.6) is 0 Å². The maximum atomic E-state index is 12.1. The SMILES string of the molecule is CC(C)(C)C(=O)ON1CCNC(=O)C1c1ccccc1. The number of hydrogen-bond donors (Lipinski definition) is 1. The van der Waals surface area contributed by atoms with Gasteiger partial charge in [-0.2, -0.15) is 0 Å². The lowest BCUT2D eigenvalue weighted by Crippen LogP contribution is -2.51. The van der Waals surface area contributed by atoms with E-state index >= 15 is 0 Å². The quantitative estimate of drug-likeness (QED) is 0.892. The zero-order valence-corrected chi connectivity index (χ0v) is 12.1. The molecular weight excluding hydrogens is 256 g/mol. The Bertz CT molecular complexity index is 494. The average Bonchev–Trinajstić information content (AvgIpc) is 2.39. The van der Waals surface area contributed by atoms with Crippen molar-refractivity contribution in [3.63, 3.8) is 0 Å². The van der Waals surface area contributed by atoms with E-state index in [1.165, 1.54) is 5.06 Å². The second-order valence-corrected chi connectivity index (χ2v) is 5.87. The van der Waals surface area contributed by atoms with Gasteiger partial charge < -0.3 is 10.2 Å². The zero-order valence-electron chi connectivity index (χ0n) is 12.1. The fourth-order valence-electron chi connectivity index (χ4n) is 1.94. The second-order valence-electron chi connectivity index (χ2n) is 5.87. The minimum Gasteiger partial charge on any atom is -0.366 e. The third kappa shape index (κ3) is 3.17. The van der Waals surface area contributed by atoms with E-state index in [0.717, 1.165) is 5.56 Å². The summed E-state index contributed by atoms with van der Waals surface area (Å²) in [6.45, 7) is 6.32. The van der Waals surface area contributed by atoms with E-state index in [4.69, 9.17) is 4.84 Å². The van der Waals surface area contributed by atoms with E-state index in [1.54, 1.807) is 20.8 Å². The lowest BCUT2D eigenvalue weighted by atomic mass is 9.97. The molecule has 1 aromatic carbocycles. The lowest BCUT2D eigenvalue weighted by Gasteiger charge is -2.34. The van der Waals surface area contributed by atoms with Crippen molar-refractivity contribution >= 4 is 11.9 Å². The Morgan fingerprint density at radius 3 is 2.55 bits per heavy atom. The number of carbonyl (C=O) groups is 2. The van der Waals surface area contributed by atoms with Crippen molar-refractivity contribution in [1.82, 2.24) is 10.4 Å². The van der Waals surface area contributed by atoms with E-state index in [2.05, 4.69) is 5.32 Å². The molecule has 1 amide bonds. The van der Waals surface area contributed by atoms with Crippen LogP contribution in [0.25, 0.3) is 0 Å². The van der Waals surface area contributed by atoms with E-state index in [9.17, 15) is 9.59 Å². The number of hydrogen-bond acceptors (Lipinski definition) is 4. The largest absolute Gasteiger partial charge is 0.366 e. The molecule has 0 bridgehead atoms. The van der Waals surface area contributed by atoms with Crippen molar-refractivity contribution in [3.8, 4) is 0 Å².